The van der Waals surface area contributed by atoms with E-state index < -0.39 is 0 Å². The minimum atomic E-state index is -0.188. The average Bonchev–Trinajstić information content (AvgIpc) is 2.37. The van der Waals surface area contributed by atoms with Crippen LogP contribution in [0.2, 0.25) is 0 Å². The number of rotatable bonds is 7. The first-order chi connectivity index (χ1) is 8.67. The first-order valence-corrected chi connectivity index (χ1v) is 6.30. The molecule has 4 nitrogen and oxygen atoms in total. The number of hydrogen-bond acceptors (Lipinski definition) is 3. The largest absolute Gasteiger partial charge is 0.377 e. The molecule has 1 aromatic rings. The van der Waals surface area contributed by atoms with Crippen LogP contribution in [0.15, 0.2) is 24.3 Å². The maximum absolute atomic E-state index is 11.7. The molecule has 0 spiro atoms. The van der Waals surface area contributed by atoms with E-state index in [0.29, 0.717) is 26.1 Å². The third-order valence-electron chi connectivity index (χ3n) is 2.82. The zero-order valence-corrected chi connectivity index (χ0v) is 11.1. The summed E-state index contributed by atoms with van der Waals surface area (Å²) in [6.45, 7) is 5.42. The predicted molar refractivity (Wildman–Crippen MR) is 72.1 cm³/mol. The second-order valence-corrected chi connectivity index (χ2v) is 4.22. The summed E-state index contributed by atoms with van der Waals surface area (Å²) in [6, 6.07) is 8.00. The van der Waals surface area contributed by atoms with Gasteiger partial charge < -0.3 is 15.8 Å². The number of nitrogens with one attached hydrogen (secondary N) is 1. The van der Waals surface area contributed by atoms with Gasteiger partial charge >= 0.3 is 0 Å². The van der Waals surface area contributed by atoms with Crippen molar-refractivity contribution in [3.63, 3.8) is 0 Å². The van der Waals surface area contributed by atoms with Gasteiger partial charge in [-0.15, -0.1) is 0 Å². The van der Waals surface area contributed by atoms with E-state index >= 15 is 0 Å². The zero-order valence-electron chi connectivity index (χ0n) is 11.1. The molecule has 1 atom stereocenters. The standard InChI is InChI=1S/C14H22N2O2/c1-3-18-13(9-15)8-14(17)16-10-12-7-5-4-6-11(12)2/h4-7,13H,3,8-10,15H2,1-2H3,(H,16,17). The van der Waals surface area contributed by atoms with E-state index in [4.69, 9.17) is 10.5 Å². The van der Waals surface area contributed by atoms with Crippen molar-refractivity contribution in [1.82, 2.24) is 5.32 Å². The highest BCUT2D eigenvalue weighted by Crippen LogP contribution is 2.06. The number of ether oxygens (including phenoxy) is 1. The van der Waals surface area contributed by atoms with Crippen LogP contribution in [0.4, 0.5) is 0 Å². The highest BCUT2D eigenvalue weighted by molar-refractivity contribution is 5.76. The van der Waals surface area contributed by atoms with Crippen LogP contribution in [-0.2, 0) is 16.1 Å². The minimum Gasteiger partial charge on any atom is -0.377 e. The molecule has 0 fully saturated rings. The molecule has 0 aliphatic heterocycles. The van der Waals surface area contributed by atoms with Crippen LogP contribution in [0.3, 0.4) is 0 Å². The molecule has 0 radical (unpaired) electrons. The first-order valence-electron chi connectivity index (χ1n) is 6.30. The number of carbonyl (C=O) groups excluding carboxylic acids is 1. The van der Waals surface area contributed by atoms with Gasteiger partial charge in [0.05, 0.1) is 12.5 Å². The number of benzene rings is 1. The van der Waals surface area contributed by atoms with E-state index in [-0.39, 0.29) is 12.0 Å². The summed E-state index contributed by atoms with van der Waals surface area (Å²) in [5.74, 6) is -0.0258. The Morgan fingerprint density at radius 1 is 1.44 bits per heavy atom. The summed E-state index contributed by atoms with van der Waals surface area (Å²) in [4.78, 5) is 11.7. The number of aryl methyl sites for hydroxylation is 1. The molecule has 18 heavy (non-hydrogen) atoms. The van der Waals surface area contributed by atoms with Gasteiger partial charge in [-0.25, -0.2) is 0 Å². The normalized spacial score (nSPS) is 12.2. The number of nitrogens with two attached hydrogens (primary N) is 1. The van der Waals surface area contributed by atoms with Crippen LogP contribution in [0.25, 0.3) is 0 Å². The molecule has 1 amide bonds. The molecule has 0 aliphatic carbocycles. The van der Waals surface area contributed by atoms with Gasteiger partial charge in [0.25, 0.3) is 0 Å². The van der Waals surface area contributed by atoms with Gasteiger partial charge in [-0.1, -0.05) is 24.3 Å². The molecule has 100 valence electrons. The molecule has 1 rings (SSSR count). The fourth-order valence-corrected chi connectivity index (χ4v) is 1.73. The third kappa shape index (κ3) is 4.85. The van der Waals surface area contributed by atoms with Crippen molar-refractivity contribution in [2.75, 3.05) is 13.2 Å². The summed E-state index contributed by atoms with van der Waals surface area (Å²) in [5.41, 5.74) is 7.84. The fraction of sp³-hybridized carbons (Fsp3) is 0.500. The van der Waals surface area contributed by atoms with Crippen LogP contribution < -0.4 is 11.1 Å². The molecule has 0 saturated carbocycles. The van der Waals surface area contributed by atoms with Crippen molar-refractivity contribution in [3.05, 3.63) is 35.4 Å². The molecule has 1 unspecified atom stereocenters. The fourth-order valence-electron chi connectivity index (χ4n) is 1.73. The monoisotopic (exact) mass is 250 g/mol. The summed E-state index contributed by atoms with van der Waals surface area (Å²) in [6.07, 6.45) is 0.128. The predicted octanol–water partition coefficient (Wildman–Crippen LogP) is 1.37. The number of carbonyl (C=O) groups is 1. The van der Waals surface area contributed by atoms with Gasteiger partial charge in [0.15, 0.2) is 0 Å². The van der Waals surface area contributed by atoms with Crippen LogP contribution >= 0.6 is 0 Å². The van der Waals surface area contributed by atoms with Crippen molar-refractivity contribution in [2.24, 2.45) is 5.73 Å². The SMILES string of the molecule is CCOC(CN)CC(=O)NCc1ccccc1C. The second-order valence-electron chi connectivity index (χ2n) is 4.22. The summed E-state index contributed by atoms with van der Waals surface area (Å²) < 4.78 is 5.35. The van der Waals surface area contributed by atoms with Crippen LogP contribution in [0, 0.1) is 6.92 Å². The highest BCUT2D eigenvalue weighted by atomic mass is 16.5. The lowest BCUT2D eigenvalue weighted by atomic mass is 10.1. The molecule has 3 N–H and O–H groups in total. The van der Waals surface area contributed by atoms with E-state index in [1.54, 1.807) is 0 Å². The van der Waals surface area contributed by atoms with Gasteiger partial charge in [-0.05, 0) is 25.0 Å². The third-order valence-corrected chi connectivity index (χ3v) is 2.82. The molecule has 1 aromatic carbocycles. The molecule has 0 aromatic heterocycles. The van der Waals surface area contributed by atoms with Gasteiger partial charge in [0.1, 0.15) is 0 Å². The van der Waals surface area contributed by atoms with E-state index in [2.05, 4.69) is 5.32 Å². The van der Waals surface area contributed by atoms with E-state index in [1.807, 2.05) is 38.1 Å². The molecule has 0 saturated heterocycles. The Balaban J connectivity index is 2.39. The van der Waals surface area contributed by atoms with E-state index in [9.17, 15) is 4.79 Å². The number of hydrogen-bond donors (Lipinski definition) is 2. The van der Waals surface area contributed by atoms with Crippen LogP contribution in [-0.4, -0.2) is 25.2 Å². The lowest BCUT2D eigenvalue weighted by Crippen LogP contribution is -2.32. The molecular weight excluding hydrogens is 228 g/mol. The smallest absolute Gasteiger partial charge is 0.222 e. The maximum atomic E-state index is 11.7. The minimum absolute atomic E-state index is 0.0258. The topological polar surface area (TPSA) is 64.3 Å². The van der Waals surface area contributed by atoms with Gasteiger partial charge in [0.2, 0.25) is 5.91 Å². The average molecular weight is 250 g/mol. The van der Waals surface area contributed by atoms with Crippen LogP contribution in [0.1, 0.15) is 24.5 Å². The Hall–Kier alpha value is -1.39. The lowest BCUT2D eigenvalue weighted by Gasteiger charge is -2.14. The zero-order chi connectivity index (χ0) is 13.4. The molecular formula is C14H22N2O2. The summed E-state index contributed by atoms with van der Waals surface area (Å²) in [5, 5.41) is 2.89. The Labute approximate surface area is 109 Å². The first kappa shape index (κ1) is 14.7. The van der Waals surface area contributed by atoms with Crippen molar-refractivity contribution in [1.29, 1.82) is 0 Å². The van der Waals surface area contributed by atoms with Crippen LogP contribution in [0.5, 0.6) is 0 Å². The van der Waals surface area contributed by atoms with E-state index in [0.717, 1.165) is 5.56 Å². The van der Waals surface area contributed by atoms with E-state index in [1.165, 1.54) is 5.56 Å². The molecule has 4 heteroatoms. The molecule has 0 aliphatic rings. The lowest BCUT2D eigenvalue weighted by molar-refractivity contribution is -0.123. The Morgan fingerprint density at radius 2 is 2.17 bits per heavy atom. The number of amides is 1. The Morgan fingerprint density at radius 3 is 2.78 bits per heavy atom. The quantitative estimate of drug-likeness (QED) is 0.768. The Bertz CT molecular complexity index is 380. The molecule has 0 bridgehead atoms. The van der Waals surface area contributed by atoms with Gasteiger partial charge in [0, 0.05) is 19.7 Å². The second kappa shape index (κ2) is 7.84. The van der Waals surface area contributed by atoms with Crippen molar-refractivity contribution in [3.8, 4) is 0 Å². The highest BCUT2D eigenvalue weighted by Gasteiger charge is 2.12. The summed E-state index contributed by atoms with van der Waals surface area (Å²) >= 11 is 0. The van der Waals surface area contributed by atoms with Crippen molar-refractivity contribution in [2.45, 2.75) is 32.9 Å². The van der Waals surface area contributed by atoms with Crippen molar-refractivity contribution >= 4 is 5.91 Å². The Kier molecular flexibility index (Phi) is 6.39. The van der Waals surface area contributed by atoms with Gasteiger partial charge in [-0.2, -0.15) is 0 Å². The van der Waals surface area contributed by atoms with Gasteiger partial charge in [-0.3, -0.25) is 4.79 Å². The maximum Gasteiger partial charge on any atom is 0.222 e. The summed E-state index contributed by atoms with van der Waals surface area (Å²) in [7, 11) is 0. The van der Waals surface area contributed by atoms with Crippen molar-refractivity contribution < 1.29 is 9.53 Å². The molecule has 0 heterocycles.